The summed E-state index contributed by atoms with van der Waals surface area (Å²) < 4.78 is 0. The van der Waals surface area contributed by atoms with E-state index in [1.165, 1.54) is 0 Å². The van der Waals surface area contributed by atoms with E-state index in [4.69, 9.17) is 9.98 Å². The molecule has 0 bridgehead atoms. The van der Waals surface area contributed by atoms with Crippen molar-refractivity contribution in [1.82, 2.24) is 31.3 Å². The number of guanidine groups is 1. The van der Waals surface area contributed by atoms with Crippen molar-refractivity contribution < 1.29 is 0 Å². The lowest BCUT2D eigenvalue weighted by Crippen LogP contribution is -2.60. The van der Waals surface area contributed by atoms with E-state index >= 15 is 0 Å². The predicted octanol–water partition coefficient (Wildman–Crippen LogP) is 1.66. The minimum absolute atomic E-state index is 0.142. The van der Waals surface area contributed by atoms with E-state index in [0.29, 0.717) is 5.96 Å². The van der Waals surface area contributed by atoms with Gasteiger partial charge in [-0.15, -0.1) is 0 Å². The fraction of sp³-hybridized carbons (Fsp3) is 0.364. The fourth-order valence-electron chi connectivity index (χ4n) is 3.55. The minimum Gasteiger partial charge on any atom is -0.322 e. The first-order chi connectivity index (χ1) is 15.1. The fourth-order valence-corrected chi connectivity index (χ4v) is 4.37. The number of nitrogens with one attached hydrogen (secondary N) is 4. The summed E-state index contributed by atoms with van der Waals surface area (Å²) in [5.74, 6) is 0.704. The molecule has 8 nitrogen and oxygen atoms in total. The highest BCUT2D eigenvalue weighted by molar-refractivity contribution is 8.13. The summed E-state index contributed by atoms with van der Waals surface area (Å²) in [5.41, 5.74) is 8.40. The molecule has 0 radical (unpaired) electrons. The Kier molecular flexibility index (Phi) is 7.08. The van der Waals surface area contributed by atoms with E-state index in [-0.39, 0.29) is 12.5 Å². The van der Waals surface area contributed by atoms with Crippen LogP contribution in [0, 0.1) is 0 Å². The Hall–Kier alpha value is -2.59. The molecule has 3 aliphatic rings. The number of rotatable bonds is 5. The maximum absolute atomic E-state index is 4.93. The zero-order chi connectivity index (χ0) is 21.6. The molecule has 9 heteroatoms. The molecule has 1 aromatic carbocycles. The number of hydrazine groups is 1. The van der Waals surface area contributed by atoms with Crippen LogP contribution in [0.4, 0.5) is 0 Å². The van der Waals surface area contributed by atoms with Gasteiger partial charge in [0, 0.05) is 31.1 Å². The van der Waals surface area contributed by atoms with E-state index in [9.17, 15) is 0 Å². The third-order valence-electron chi connectivity index (χ3n) is 5.36. The van der Waals surface area contributed by atoms with Crippen molar-refractivity contribution in [3.05, 3.63) is 66.4 Å². The van der Waals surface area contributed by atoms with Gasteiger partial charge in [0.05, 0.1) is 5.70 Å². The van der Waals surface area contributed by atoms with Crippen molar-refractivity contribution >= 4 is 22.9 Å². The van der Waals surface area contributed by atoms with Crippen LogP contribution in [0.5, 0.6) is 0 Å². The van der Waals surface area contributed by atoms with Crippen LogP contribution in [-0.4, -0.2) is 66.6 Å². The second-order valence-corrected chi connectivity index (χ2v) is 8.61. The Morgan fingerprint density at radius 3 is 2.71 bits per heavy atom. The Bertz CT molecular complexity index is 899. The molecule has 3 aliphatic heterocycles. The number of aliphatic imine (C=N–C) groups is 2. The summed E-state index contributed by atoms with van der Waals surface area (Å²) >= 11 is 1.61. The number of amidine groups is 1. The summed E-state index contributed by atoms with van der Waals surface area (Å²) in [6.07, 6.45) is 5.56. The van der Waals surface area contributed by atoms with Gasteiger partial charge in [-0.25, -0.2) is 15.4 Å². The summed E-state index contributed by atoms with van der Waals surface area (Å²) in [6, 6.07) is 10.3. The molecule has 1 saturated heterocycles. The summed E-state index contributed by atoms with van der Waals surface area (Å²) in [4.78, 5) is 15.6. The van der Waals surface area contributed by atoms with Crippen molar-refractivity contribution in [1.29, 1.82) is 0 Å². The number of benzene rings is 1. The molecule has 3 heterocycles. The average Bonchev–Trinajstić information content (AvgIpc) is 3.24. The van der Waals surface area contributed by atoms with E-state index in [1.54, 1.807) is 11.8 Å². The van der Waals surface area contributed by atoms with Gasteiger partial charge in [-0.2, -0.15) is 0 Å². The van der Waals surface area contributed by atoms with Gasteiger partial charge in [0.2, 0.25) is 5.96 Å². The number of hydrogen-bond donors (Lipinski definition) is 4. The molecule has 4 rings (SSSR count). The van der Waals surface area contributed by atoms with Gasteiger partial charge in [-0.05, 0) is 37.8 Å². The Balaban J connectivity index is 1.53. The maximum atomic E-state index is 4.93. The van der Waals surface area contributed by atoms with Gasteiger partial charge < -0.3 is 21.0 Å². The zero-order valence-corrected chi connectivity index (χ0v) is 18.8. The normalized spacial score (nSPS) is 26.5. The van der Waals surface area contributed by atoms with E-state index in [2.05, 4.69) is 57.0 Å². The van der Waals surface area contributed by atoms with E-state index in [1.807, 2.05) is 43.4 Å². The Labute approximate surface area is 188 Å². The predicted molar refractivity (Wildman–Crippen MR) is 128 cm³/mol. The molecule has 0 saturated carbocycles. The van der Waals surface area contributed by atoms with Crippen molar-refractivity contribution in [2.45, 2.75) is 24.3 Å². The van der Waals surface area contributed by atoms with Crippen LogP contribution in [0.25, 0.3) is 0 Å². The third kappa shape index (κ3) is 5.56. The van der Waals surface area contributed by atoms with Crippen LogP contribution in [0.2, 0.25) is 0 Å². The number of allylic oxidation sites excluding steroid dienone is 2. The van der Waals surface area contributed by atoms with Crippen LogP contribution in [0.1, 0.15) is 6.92 Å². The van der Waals surface area contributed by atoms with Crippen molar-refractivity contribution in [2.75, 3.05) is 33.2 Å². The summed E-state index contributed by atoms with van der Waals surface area (Å²) in [6.45, 7) is 9.85. The minimum atomic E-state index is -0.200. The monoisotopic (exact) mass is 438 g/mol. The molecule has 0 amide bonds. The van der Waals surface area contributed by atoms with Crippen LogP contribution < -0.4 is 21.5 Å². The van der Waals surface area contributed by atoms with Crippen LogP contribution >= 0.6 is 11.8 Å². The first-order valence-electron chi connectivity index (χ1n) is 10.5. The topological polar surface area (TPSA) is 79.3 Å². The van der Waals surface area contributed by atoms with Gasteiger partial charge in [0.15, 0.2) is 11.5 Å². The molecule has 31 heavy (non-hydrogen) atoms. The van der Waals surface area contributed by atoms with Crippen molar-refractivity contribution in [3.8, 4) is 0 Å². The van der Waals surface area contributed by atoms with Crippen LogP contribution in [-0.2, 0) is 0 Å². The molecule has 0 spiro atoms. The lowest BCUT2D eigenvalue weighted by molar-refractivity contribution is 0.106. The molecule has 0 aliphatic carbocycles. The molecule has 164 valence electrons. The Morgan fingerprint density at radius 1 is 1.23 bits per heavy atom. The molecule has 2 atom stereocenters. The molecule has 0 aromatic heterocycles. The number of thioether (sulfide) groups is 1. The molecule has 2 unspecified atom stereocenters. The SMILES string of the molecule is C=C/C(=C\C)C1=CC(/N=C2/NC(Sc3ccccc3)=NC(N3CCN(C)CC3)N2)NN1. The van der Waals surface area contributed by atoms with Crippen LogP contribution in [0.3, 0.4) is 0 Å². The highest BCUT2D eigenvalue weighted by Crippen LogP contribution is 2.21. The van der Waals surface area contributed by atoms with Crippen molar-refractivity contribution in [3.63, 3.8) is 0 Å². The first kappa shape index (κ1) is 21.6. The highest BCUT2D eigenvalue weighted by Gasteiger charge is 2.28. The molecular formula is C22H30N8S. The van der Waals surface area contributed by atoms with Crippen molar-refractivity contribution in [2.24, 2.45) is 9.98 Å². The standard InChI is InChI=1S/C22H30N8S/c1-4-16(5-2)18-15-19(28-27-18)23-20-24-21(30-13-11-29(3)12-14-30)26-22(25-20)31-17-9-7-6-8-10-17/h4-10,15,19,21,27-28H,1,11-14H2,2-3H3,(H2,23,24,25,26)/b16-5+. The summed E-state index contributed by atoms with van der Waals surface area (Å²) in [5, 5.41) is 7.66. The molecule has 1 aromatic rings. The number of likely N-dealkylation sites (N-methyl/N-ethyl adjacent to an activating group) is 1. The number of nitrogens with zero attached hydrogens (tertiary/aromatic N) is 4. The second-order valence-electron chi connectivity index (χ2n) is 7.55. The number of hydrogen-bond acceptors (Lipinski definition) is 7. The summed E-state index contributed by atoms with van der Waals surface area (Å²) in [7, 11) is 2.16. The quantitative estimate of drug-likeness (QED) is 0.521. The van der Waals surface area contributed by atoms with E-state index < -0.39 is 0 Å². The third-order valence-corrected chi connectivity index (χ3v) is 6.27. The Morgan fingerprint density at radius 2 is 2.00 bits per heavy atom. The smallest absolute Gasteiger partial charge is 0.202 e. The van der Waals surface area contributed by atoms with Crippen LogP contribution in [0.15, 0.2) is 81.3 Å². The molecular weight excluding hydrogens is 408 g/mol. The average molecular weight is 439 g/mol. The number of piperazine rings is 1. The second kappa shape index (κ2) is 10.1. The largest absolute Gasteiger partial charge is 0.322 e. The van der Waals surface area contributed by atoms with Gasteiger partial charge in [0.1, 0.15) is 6.17 Å². The van der Waals surface area contributed by atoms with Gasteiger partial charge in [-0.3, -0.25) is 4.90 Å². The van der Waals surface area contributed by atoms with E-state index in [0.717, 1.165) is 47.5 Å². The highest BCUT2D eigenvalue weighted by atomic mass is 32.2. The maximum Gasteiger partial charge on any atom is 0.202 e. The zero-order valence-electron chi connectivity index (χ0n) is 18.0. The lowest BCUT2D eigenvalue weighted by Gasteiger charge is -2.38. The lowest BCUT2D eigenvalue weighted by atomic mass is 10.2. The first-order valence-corrected chi connectivity index (χ1v) is 11.3. The van der Waals surface area contributed by atoms with Gasteiger partial charge in [-0.1, -0.05) is 48.7 Å². The van der Waals surface area contributed by atoms with Gasteiger partial charge >= 0.3 is 0 Å². The molecule has 4 N–H and O–H groups in total. The van der Waals surface area contributed by atoms with Gasteiger partial charge in [0.25, 0.3) is 0 Å². The molecule has 1 fully saturated rings.